The Balaban J connectivity index is 1.36. The van der Waals surface area contributed by atoms with Crippen molar-refractivity contribution in [3.8, 4) is 11.1 Å². The molecule has 1 unspecified atom stereocenters. The molecule has 1 saturated heterocycles. The van der Waals surface area contributed by atoms with Crippen LogP contribution in [0.2, 0.25) is 0 Å². The molecule has 4 rings (SSSR count). The third-order valence-corrected chi connectivity index (χ3v) is 6.50. The highest BCUT2D eigenvalue weighted by Crippen LogP contribution is 2.44. The molecule has 0 bridgehead atoms. The van der Waals surface area contributed by atoms with Gasteiger partial charge < -0.3 is 25.2 Å². The van der Waals surface area contributed by atoms with Crippen molar-refractivity contribution in [2.75, 3.05) is 26.4 Å². The van der Waals surface area contributed by atoms with Crippen LogP contribution < -0.4 is 10.6 Å². The topological polar surface area (TPSA) is 114 Å². The van der Waals surface area contributed by atoms with Crippen molar-refractivity contribution in [3.63, 3.8) is 0 Å². The van der Waals surface area contributed by atoms with Crippen molar-refractivity contribution in [2.45, 2.75) is 37.6 Å². The van der Waals surface area contributed by atoms with Crippen LogP contribution in [0.4, 0.5) is 4.79 Å². The molecule has 0 spiro atoms. The number of benzene rings is 2. The van der Waals surface area contributed by atoms with E-state index < -0.39 is 24.0 Å². The fourth-order valence-electron chi connectivity index (χ4n) is 4.64. The number of carboxylic acid groups (broad SMARTS) is 1. The van der Waals surface area contributed by atoms with Crippen molar-refractivity contribution in [1.29, 1.82) is 0 Å². The predicted octanol–water partition coefficient (Wildman–Crippen LogP) is 3.30. The van der Waals surface area contributed by atoms with Gasteiger partial charge in [-0.25, -0.2) is 4.79 Å². The number of aliphatic carboxylic acids is 1. The van der Waals surface area contributed by atoms with E-state index in [4.69, 9.17) is 14.6 Å². The highest BCUT2D eigenvalue weighted by atomic mass is 16.5. The van der Waals surface area contributed by atoms with Gasteiger partial charge in [0.1, 0.15) is 12.6 Å². The maximum Gasteiger partial charge on any atom is 0.407 e. The lowest BCUT2D eigenvalue weighted by Gasteiger charge is -2.24. The van der Waals surface area contributed by atoms with Crippen LogP contribution >= 0.6 is 0 Å². The SMILES string of the molecule is O=C(O)CCC(NC(=O)OCC1c2ccccc2-c2ccccc21)C(=O)NCC1CCOCC1. The van der Waals surface area contributed by atoms with Crippen LogP contribution in [0, 0.1) is 5.92 Å². The largest absolute Gasteiger partial charge is 0.481 e. The van der Waals surface area contributed by atoms with Crippen LogP contribution in [0.5, 0.6) is 0 Å². The smallest absolute Gasteiger partial charge is 0.407 e. The molecular weight excluding hydrogens is 436 g/mol. The van der Waals surface area contributed by atoms with E-state index in [0.29, 0.717) is 25.7 Å². The van der Waals surface area contributed by atoms with Gasteiger partial charge in [0.05, 0.1) is 0 Å². The van der Waals surface area contributed by atoms with Crippen molar-refractivity contribution < 1.29 is 29.0 Å². The van der Waals surface area contributed by atoms with Gasteiger partial charge in [0, 0.05) is 32.1 Å². The van der Waals surface area contributed by atoms with E-state index in [-0.39, 0.29) is 25.4 Å². The van der Waals surface area contributed by atoms with Crippen LogP contribution in [0.25, 0.3) is 11.1 Å². The molecule has 2 amide bonds. The fourth-order valence-corrected chi connectivity index (χ4v) is 4.64. The Bertz CT molecular complexity index is 988. The standard InChI is InChI=1S/C26H30N2O6/c29-24(30)10-9-23(25(31)27-15-17-11-13-33-14-12-17)28-26(32)34-16-22-20-7-3-1-5-18(20)19-6-2-4-8-21(19)22/h1-8,17,22-23H,9-16H2,(H,27,31)(H,28,32)(H,29,30). The van der Waals surface area contributed by atoms with Gasteiger partial charge in [0.15, 0.2) is 0 Å². The summed E-state index contributed by atoms with van der Waals surface area (Å²) in [4.78, 5) is 36.4. The number of alkyl carbamates (subject to hydrolysis) is 1. The lowest BCUT2D eigenvalue weighted by Crippen LogP contribution is -2.48. The maximum atomic E-state index is 12.7. The molecule has 1 heterocycles. The number of fused-ring (bicyclic) bond motifs is 3. The third kappa shape index (κ3) is 5.75. The number of nitrogens with one attached hydrogen (secondary N) is 2. The molecule has 2 aromatic rings. The Morgan fingerprint density at radius 3 is 2.24 bits per heavy atom. The Morgan fingerprint density at radius 2 is 1.62 bits per heavy atom. The molecule has 1 aliphatic carbocycles. The van der Waals surface area contributed by atoms with Gasteiger partial charge in [0.2, 0.25) is 5.91 Å². The summed E-state index contributed by atoms with van der Waals surface area (Å²) in [5.74, 6) is -1.22. The molecule has 8 heteroatoms. The Kier molecular flexibility index (Phi) is 7.80. The van der Waals surface area contributed by atoms with E-state index in [1.165, 1.54) is 0 Å². The van der Waals surface area contributed by atoms with Gasteiger partial charge in [-0.3, -0.25) is 9.59 Å². The molecule has 34 heavy (non-hydrogen) atoms. The first-order valence-corrected chi connectivity index (χ1v) is 11.7. The van der Waals surface area contributed by atoms with Gasteiger partial charge >= 0.3 is 12.1 Å². The number of hydrogen-bond acceptors (Lipinski definition) is 5. The monoisotopic (exact) mass is 466 g/mol. The second kappa shape index (κ2) is 11.2. The third-order valence-electron chi connectivity index (χ3n) is 6.50. The van der Waals surface area contributed by atoms with E-state index in [2.05, 4.69) is 22.8 Å². The average molecular weight is 467 g/mol. The van der Waals surface area contributed by atoms with Gasteiger partial charge in [-0.1, -0.05) is 48.5 Å². The number of carbonyl (C=O) groups is 3. The summed E-state index contributed by atoms with van der Waals surface area (Å²) in [6.45, 7) is 1.93. The summed E-state index contributed by atoms with van der Waals surface area (Å²) < 4.78 is 10.9. The van der Waals surface area contributed by atoms with Crippen LogP contribution in [0.1, 0.15) is 42.7 Å². The van der Waals surface area contributed by atoms with Crippen molar-refractivity contribution in [1.82, 2.24) is 10.6 Å². The average Bonchev–Trinajstić information content (AvgIpc) is 3.18. The van der Waals surface area contributed by atoms with Gasteiger partial charge in [-0.2, -0.15) is 0 Å². The molecule has 3 N–H and O–H groups in total. The first-order chi connectivity index (χ1) is 16.5. The number of carboxylic acids is 1. The zero-order valence-corrected chi connectivity index (χ0v) is 19.0. The highest BCUT2D eigenvalue weighted by molar-refractivity contribution is 5.86. The second-order valence-corrected chi connectivity index (χ2v) is 8.76. The molecule has 180 valence electrons. The summed E-state index contributed by atoms with van der Waals surface area (Å²) in [6.07, 6.45) is 0.733. The molecule has 0 aromatic heterocycles. The Morgan fingerprint density at radius 1 is 1.00 bits per heavy atom. The van der Waals surface area contributed by atoms with E-state index in [9.17, 15) is 14.4 Å². The fraction of sp³-hybridized carbons (Fsp3) is 0.423. The number of ether oxygens (including phenoxy) is 2. The van der Waals surface area contributed by atoms with E-state index in [1.807, 2.05) is 36.4 Å². The zero-order chi connectivity index (χ0) is 23.9. The molecule has 0 saturated carbocycles. The van der Waals surface area contributed by atoms with Crippen LogP contribution in [-0.2, 0) is 19.1 Å². The lowest BCUT2D eigenvalue weighted by molar-refractivity contribution is -0.137. The van der Waals surface area contributed by atoms with E-state index in [1.54, 1.807) is 0 Å². The maximum absolute atomic E-state index is 12.7. The normalized spacial score (nSPS) is 16.2. The molecule has 0 radical (unpaired) electrons. The van der Waals surface area contributed by atoms with Crippen LogP contribution in [-0.4, -0.2) is 55.5 Å². The molecule has 2 aliphatic rings. The number of carbonyl (C=O) groups excluding carboxylic acids is 2. The predicted molar refractivity (Wildman–Crippen MR) is 125 cm³/mol. The van der Waals surface area contributed by atoms with Gasteiger partial charge in [0.25, 0.3) is 0 Å². The highest BCUT2D eigenvalue weighted by Gasteiger charge is 2.30. The summed E-state index contributed by atoms with van der Waals surface area (Å²) >= 11 is 0. The van der Waals surface area contributed by atoms with Crippen LogP contribution in [0.15, 0.2) is 48.5 Å². The molecule has 1 fully saturated rings. The summed E-state index contributed by atoms with van der Waals surface area (Å²) in [5, 5.41) is 14.5. The zero-order valence-electron chi connectivity index (χ0n) is 19.0. The molecule has 8 nitrogen and oxygen atoms in total. The summed E-state index contributed by atoms with van der Waals surface area (Å²) in [6, 6.07) is 15.1. The molecule has 1 aliphatic heterocycles. The van der Waals surface area contributed by atoms with E-state index >= 15 is 0 Å². The van der Waals surface area contributed by atoms with E-state index in [0.717, 1.165) is 35.1 Å². The Hall–Kier alpha value is -3.39. The lowest BCUT2D eigenvalue weighted by atomic mass is 9.98. The number of amides is 2. The van der Waals surface area contributed by atoms with Crippen molar-refractivity contribution >= 4 is 18.0 Å². The molecule has 1 atom stereocenters. The summed E-state index contributed by atoms with van der Waals surface area (Å²) in [5.41, 5.74) is 4.43. The minimum atomic E-state index is -1.03. The minimum Gasteiger partial charge on any atom is -0.481 e. The Labute approximate surface area is 198 Å². The molecule has 2 aromatic carbocycles. The van der Waals surface area contributed by atoms with Crippen molar-refractivity contribution in [3.05, 3.63) is 59.7 Å². The first kappa shape index (κ1) is 23.8. The minimum absolute atomic E-state index is 0.0147. The number of rotatable bonds is 9. The van der Waals surface area contributed by atoms with Crippen LogP contribution in [0.3, 0.4) is 0 Å². The van der Waals surface area contributed by atoms with Gasteiger partial charge in [-0.15, -0.1) is 0 Å². The van der Waals surface area contributed by atoms with Gasteiger partial charge in [-0.05, 0) is 47.4 Å². The van der Waals surface area contributed by atoms with Crippen molar-refractivity contribution in [2.24, 2.45) is 5.92 Å². The molecular formula is C26H30N2O6. The first-order valence-electron chi connectivity index (χ1n) is 11.7. The summed E-state index contributed by atoms with van der Waals surface area (Å²) in [7, 11) is 0. The number of hydrogen-bond donors (Lipinski definition) is 3. The second-order valence-electron chi connectivity index (χ2n) is 8.76. The quantitative estimate of drug-likeness (QED) is 0.523.